The van der Waals surface area contributed by atoms with Gasteiger partial charge in [0, 0.05) is 37.4 Å². The molecule has 0 atom stereocenters. The fourth-order valence-electron chi connectivity index (χ4n) is 2.13. The van der Waals surface area contributed by atoms with Crippen LogP contribution in [0.25, 0.3) is 0 Å². The molecular weight excluding hydrogens is 270 g/mol. The summed E-state index contributed by atoms with van der Waals surface area (Å²) in [4.78, 5) is 24.7. The first-order valence-corrected chi connectivity index (χ1v) is 7.05. The highest BCUT2D eigenvalue weighted by Crippen LogP contribution is 2.22. The van der Waals surface area contributed by atoms with Crippen molar-refractivity contribution in [2.24, 2.45) is 0 Å². The Balaban J connectivity index is 2.68. The molecule has 0 spiro atoms. The number of aryl methyl sites for hydroxylation is 1. The van der Waals surface area contributed by atoms with Crippen molar-refractivity contribution in [3.8, 4) is 0 Å². The van der Waals surface area contributed by atoms with Gasteiger partial charge in [0.15, 0.2) is 0 Å². The van der Waals surface area contributed by atoms with Crippen molar-refractivity contribution in [1.82, 2.24) is 4.90 Å². The Morgan fingerprint density at radius 1 is 1.29 bits per heavy atom. The summed E-state index contributed by atoms with van der Waals surface area (Å²) in [6.07, 6.45) is 0.369. The van der Waals surface area contributed by atoms with Crippen LogP contribution in [-0.4, -0.2) is 41.5 Å². The molecule has 0 heterocycles. The highest BCUT2D eigenvalue weighted by molar-refractivity contribution is 5.95. The zero-order valence-corrected chi connectivity index (χ0v) is 12.8. The minimum Gasteiger partial charge on any atom is -0.478 e. The third-order valence-corrected chi connectivity index (χ3v) is 3.40. The lowest BCUT2D eigenvalue weighted by Gasteiger charge is -2.19. The molecule has 0 aromatic heterocycles. The van der Waals surface area contributed by atoms with Crippen molar-refractivity contribution < 1.29 is 14.7 Å². The maximum atomic E-state index is 11.9. The molecule has 21 heavy (non-hydrogen) atoms. The molecule has 0 aliphatic heterocycles. The number of carbonyl (C=O) groups is 2. The zero-order valence-electron chi connectivity index (χ0n) is 12.8. The highest BCUT2D eigenvalue weighted by atomic mass is 16.4. The molecular formula is C15H23N3O3. The molecule has 1 aromatic rings. The van der Waals surface area contributed by atoms with Gasteiger partial charge in [-0.2, -0.15) is 0 Å². The lowest BCUT2D eigenvalue weighted by atomic mass is 10.1. The molecule has 116 valence electrons. The Morgan fingerprint density at radius 3 is 2.43 bits per heavy atom. The van der Waals surface area contributed by atoms with E-state index in [0.29, 0.717) is 37.3 Å². The van der Waals surface area contributed by atoms with E-state index in [-0.39, 0.29) is 17.2 Å². The maximum Gasteiger partial charge on any atom is 0.337 e. The quantitative estimate of drug-likeness (QED) is 0.668. The number of amides is 1. The Morgan fingerprint density at radius 2 is 1.90 bits per heavy atom. The van der Waals surface area contributed by atoms with E-state index in [4.69, 9.17) is 10.8 Å². The number of carboxylic acids is 1. The Labute approximate surface area is 124 Å². The van der Waals surface area contributed by atoms with Crippen LogP contribution in [0.15, 0.2) is 12.1 Å². The van der Waals surface area contributed by atoms with E-state index in [2.05, 4.69) is 5.32 Å². The summed E-state index contributed by atoms with van der Waals surface area (Å²) in [5.74, 6) is -0.975. The molecule has 6 heteroatoms. The van der Waals surface area contributed by atoms with Crippen molar-refractivity contribution in [1.29, 1.82) is 0 Å². The second kappa shape index (κ2) is 7.52. The lowest BCUT2D eigenvalue weighted by molar-refractivity contribution is -0.130. The molecule has 4 N–H and O–H groups in total. The number of benzene rings is 1. The smallest absolute Gasteiger partial charge is 0.337 e. The van der Waals surface area contributed by atoms with Crippen molar-refractivity contribution in [3.63, 3.8) is 0 Å². The Bertz CT molecular complexity index is 525. The van der Waals surface area contributed by atoms with E-state index in [1.54, 1.807) is 17.9 Å². The maximum absolute atomic E-state index is 11.9. The summed E-state index contributed by atoms with van der Waals surface area (Å²) in [6, 6.07) is 3.27. The van der Waals surface area contributed by atoms with E-state index in [1.807, 2.05) is 13.8 Å². The van der Waals surface area contributed by atoms with E-state index < -0.39 is 5.97 Å². The van der Waals surface area contributed by atoms with E-state index in [0.717, 1.165) is 0 Å². The summed E-state index contributed by atoms with van der Waals surface area (Å²) in [6.45, 7) is 7.49. The predicted molar refractivity (Wildman–Crippen MR) is 83.6 cm³/mol. The van der Waals surface area contributed by atoms with Crippen molar-refractivity contribution >= 4 is 23.3 Å². The normalized spacial score (nSPS) is 10.2. The van der Waals surface area contributed by atoms with Crippen LogP contribution in [0.1, 0.15) is 36.2 Å². The Hall–Kier alpha value is -2.24. The molecule has 1 amide bonds. The number of hydrogen-bond acceptors (Lipinski definition) is 4. The fraction of sp³-hybridized carbons (Fsp3) is 0.467. The van der Waals surface area contributed by atoms with Gasteiger partial charge in [-0.15, -0.1) is 0 Å². The van der Waals surface area contributed by atoms with Gasteiger partial charge in [0.25, 0.3) is 0 Å². The minimum atomic E-state index is -1.06. The van der Waals surface area contributed by atoms with E-state index in [1.165, 1.54) is 6.07 Å². The largest absolute Gasteiger partial charge is 0.478 e. The van der Waals surface area contributed by atoms with Gasteiger partial charge < -0.3 is 21.1 Å². The van der Waals surface area contributed by atoms with Crippen molar-refractivity contribution in [2.45, 2.75) is 27.2 Å². The average Bonchev–Trinajstić information content (AvgIpc) is 2.43. The topological polar surface area (TPSA) is 95.7 Å². The molecule has 1 aromatic carbocycles. The van der Waals surface area contributed by atoms with Gasteiger partial charge >= 0.3 is 5.97 Å². The third-order valence-electron chi connectivity index (χ3n) is 3.40. The van der Waals surface area contributed by atoms with Crippen LogP contribution in [-0.2, 0) is 4.79 Å². The first-order valence-electron chi connectivity index (χ1n) is 7.05. The fourth-order valence-corrected chi connectivity index (χ4v) is 2.13. The zero-order chi connectivity index (χ0) is 16.0. The number of carbonyl (C=O) groups excluding carboxylic acids is 1. The van der Waals surface area contributed by atoms with Crippen LogP contribution in [0, 0.1) is 6.92 Å². The summed E-state index contributed by atoms with van der Waals surface area (Å²) < 4.78 is 0. The summed E-state index contributed by atoms with van der Waals surface area (Å²) in [5.41, 5.74) is 7.44. The molecule has 0 saturated carbocycles. The van der Waals surface area contributed by atoms with Gasteiger partial charge in [-0.25, -0.2) is 4.79 Å². The first-order chi connectivity index (χ1) is 9.90. The standard InChI is InChI=1S/C15H23N3O3/c1-4-18(5-2)13(19)6-7-17-11-8-10(3)14(16)12(9-11)15(20)21/h8-9,17H,4-7,16H2,1-3H3,(H,20,21). The first kappa shape index (κ1) is 16.8. The highest BCUT2D eigenvalue weighted by Gasteiger charge is 2.12. The predicted octanol–water partition coefficient (Wildman–Crippen LogP) is 1.95. The van der Waals surface area contributed by atoms with Crippen LogP contribution in [0.4, 0.5) is 11.4 Å². The molecule has 6 nitrogen and oxygen atoms in total. The van der Waals surface area contributed by atoms with Gasteiger partial charge in [0.1, 0.15) is 0 Å². The number of nitrogens with one attached hydrogen (secondary N) is 1. The molecule has 0 unspecified atom stereocenters. The van der Waals surface area contributed by atoms with Gasteiger partial charge in [-0.1, -0.05) is 0 Å². The number of rotatable bonds is 7. The van der Waals surface area contributed by atoms with E-state index in [9.17, 15) is 9.59 Å². The molecule has 1 rings (SSSR count). The SMILES string of the molecule is CCN(CC)C(=O)CCNc1cc(C)c(N)c(C(=O)O)c1. The number of carboxylic acid groups (broad SMARTS) is 1. The number of hydrogen-bond donors (Lipinski definition) is 3. The third kappa shape index (κ3) is 4.37. The monoisotopic (exact) mass is 293 g/mol. The molecule has 0 bridgehead atoms. The molecule has 0 aliphatic rings. The van der Waals surface area contributed by atoms with E-state index >= 15 is 0 Å². The van der Waals surface area contributed by atoms with Gasteiger partial charge in [-0.05, 0) is 38.5 Å². The Kier molecular flexibility index (Phi) is 6.02. The van der Waals surface area contributed by atoms with Crippen LogP contribution in [0.3, 0.4) is 0 Å². The number of nitrogens with two attached hydrogens (primary N) is 1. The van der Waals surface area contributed by atoms with Crippen LogP contribution >= 0.6 is 0 Å². The van der Waals surface area contributed by atoms with Gasteiger partial charge in [0.05, 0.1) is 5.56 Å². The molecule has 0 aliphatic carbocycles. The van der Waals surface area contributed by atoms with Crippen LogP contribution in [0.2, 0.25) is 0 Å². The van der Waals surface area contributed by atoms with Gasteiger partial charge in [0.2, 0.25) is 5.91 Å². The molecule has 0 radical (unpaired) electrons. The minimum absolute atomic E-state index is 0.0765. The lowest BCUT2D eigenvalue weighted by Crippen LogP contribution is -2.31. The summed E-state index contributed by atoms with van der Waals surface area (Å²) in [5, 5.41) is 12.2. The summed E-state index contributed by atoms with van der Waals surface area (Å²) in [7, 11) is 0. The number of nitrogens with zero attached hydrogens (tertiary/aromatic N) is 1. The molecule has 0 saturated heterocycles. The van der Waals surface area contributed by atoms with Crippen LogP contribution in [0.5, 0.6) is 0 Å². The van der Waals surface area contributed by atoms with Gasteiger partial charge in [-0.3, -0.25) is 4.79 Å². The van der Waals surface area contributed by atoms with Crippen molar-refractivity contribution in [2.75, 3.05) is 30.7 Å². The number of anilines is 2. The van der Waals surface area contributed by atoms with Crippen molar-refractivity contribution in [3.05, 3.63) is 23.3 Å². The number of nitrogen functional groups attached to an aromatic ring is 1. The number of aromatic carboxylic acids is 1. The summed E-state index contributed by atoms with van der Waals surface area (Å²) >= 11 is 0. The molecule has 0 fully saturated rings. The second-order valence-electron chi connectivity index (χ2n) is 4.80. The average molecular weight is 293 g/mol. The van der Waals surface area contributed by atoms with Crippen LogP contribution < -0.4 is 11.1 Å². The second-order valence-corrected chi connectivity index (χ2v) is 4.80.